The Morgan fingerprint density at radius 1 is 0.900 bits per heavy atom. The van der Waals surface area contributed by atoms with Gasteiger partial charge in [-0.1, -0.05) is 71.5 Å². The van der Waals surface area contributed by atoms with E-state index in [0.717, 1.165) is 29.1 Å². The molecule has 3 atom stereocenters. The average Bonchev–Trinajstić information content (AvgIpc) is 2.66. The molecule has 0 bridgehead atoms. The molecule has 0 saturated carbocycles. The minimum atomic E-state index is -1.42. The van der Waals surface area contributed by atoms with Gasteiger partial charge in [0.25, 0.3) is 0 Å². The van der Waals surface area contributed by atoms with Gasteiger partial charge in [-0.2, -0.15) is 0 Å². The maximum Gasteiger partial charge on any atom is 0.156 e. The van der Waals surface area contributed by atoms with E-state index >= 15 is 0 Å². The Labute approximate surface area is 127 Å². The summed E-state index contributed by atoms with van der Waals surface area (Å²) >= 11 is 0. The highest BCUT2D eigenvalue weighted by molar-refractivity contribution is 6.83. The van der Waals surface area contributed by atoms with Crippen molar-refractivity contribution in [2.24, 2.45) is 0 Å². The molecule has 1 heterocycles. The highest BCUT2D eigenvalue weighted by Crippen LogP contribution is 2.46. The molecular formula is C17H36O2Si. The lowest BCUT2D eigenvalue weighted by Crippen LogP contribution is -2.47. The quantitative estimate of drug-likeness (QED) is 0.570. The van der Waals surface area contributed by atoms with Crippen molar-refractivity contribution in [2.75, 3.05) is 0 Å². The van der Waals surface area contributed by atoms with Gasteiger partial charge in [0.05, 0.1) is 20.3 Å². The van der Waals surface area contributed by atoms with Crippen molar-refractivity contribution in [3.8, 4) is 0 Å². The van der Waals surface area contributed by atoms with Crippen LogP contribution in [0, 0.1) is 0 Å². The summed E-state index contributed by atoms with van der Waals surface area (Å²) in [6.07, 6.45) is 2.91. The highest BCUT2D eigenvalue weighted by atomic mass is 28.3. The van der Waals surface area contributed by atoms with Crippen LogP contribution in [0.2, 0.25) is 22.7 Å². The number of ether oxygens (including phenoxy) is 2. The van der Waals surface area contributed by atoms with E-state index in [1.165, 1.54) is 6.42 Å². The molecule has 1 fully saturated rings. The first-order valence-electron chi connectivity index (χ1n) is 8.56. The molecule has 1 unspecified atom stereocenters. The molecule has 0 aromatic carbocycles. The van der Waals surface area contributed by atoms with E-state index < -0.39 is 8.07 Å². The van der Waals surface area contributed by atoms with Gasteiger partial charge in [0.1, 0.15) is 0 Å². The predicted octanol–water partition coefficient (Wildman–Crippen LogP) is 5.60. The first kappa shape index (κ1) is 18.2. The van der Waals surface area contributed by atoms with Crippen molar-refractivity contribution in [1.82, 2.24) is 0 Å². The Morgan fingerprint density at radius 2 is 1.40 bits per heavy atom. The second kappa shape index (κ2) is 7.41. The van der Waals surface area contributed by atoms with Crippen molar-refractivity contribution in [3.63, 3.8) is 0 Å². The Balaban J connectivity index is 2.82. The Hall–Kier alpha value is 0.137. The molecule has 1 aliphatic heterocycles. The van der Waals surface area contributed by atoms with E-state index in [-0.39, 0.29) is 12.4 Å². The van der Waals surface area contributed by atoms with Gasteiger partial charge in [-0.3, -0.25) is 0 Å². The van der Waals surface area contributed by atoms with Crippen LogP contribution in [0.15, 0.2) is 0 Å². The lowest BCUT2D eigenvalue weighted by Gasteiger charge is -2.44. The van der Waals surface area contributed by atoms with E-state index in [0.29, 0.717) is 6.10 Å². The molecule has 0 radical (unpaired) electrons. The SMILES string of the molecule is CCC[C@H]1OC(C[Si](C(C)C)(C(C)C)C(C)C)O[C@@H]1C. The van der Waals surface area contributed by atoms with E-state index in [9.17, 15) is 0 Å². The number of rotatable bonds is 7. The summed E-state index contributed by atoms with van der Waals surface area (Å²) in [5.41, 5.74) is 2.32. The van der Waals surface area contributed by atoms with Crippen LogP contribution in [-0.4, -0.2) is 26.6 Å². The molecule has 0 N–H and O–H groups in total. The fourth-order valence-electron chi connectivity index (χ4n) is 4.34. The maximum absolute atomic E-state index is 6.23. The van der Waals surface area contributed by atoms with Gasteiger partial charge in [0, 0.05) is 0 Å². The fourth-order valence-corrected chi connectivity index (χ4v) is 10.5. The van der Waals surface area contributed by atoms with Crippen molar-refractivity contribution in [3.05, 3.63) is 0 Å². The number of hydrogen-bond acceptors (Lipinski definition) is 2. The lowest BCUT2D eigenvalue weighted by molar-refractivity contribution is -0.0514. The molecule has 0 aromatic heterocycles. The van der Waals surface area contributed by atoms with Crippen molar-refractivity contribution < 1.29 is 9.47 Å². The zero-order chi connectivity index (χ0) is 15.5. The van der Waals surface area contributed by atoms with Crippen LogP contribution in [0.25, 0.3) is 0 Å². The molecule has 3 heteroatoms. The molecule has 20 heavy (non-hydrogen) atoms. The van der Waals surface area contributed by atoms with Gasteiger partial charge < -0.3 is 9.47 Å². The maximum atomic E-state index is 6.23. The second-order valence-corrected chi connectivity index (χ2v) is 13.6. The second-order valence-electron chi connectivity index (χ2n) is 7.51. The highest BCUT2D eigenvalue weighted by Gasteiger charge is 2.47. The largest absolute Gasteiger partial charge is 0.347 e. The summed E-state index contributed by atoms with van der Waals surface area (Å²) in [6, 6.07) is 1.16. The van der Waals surface area contributed by atoms with Gasteiger partial charge in [-0.25, -0.2) is 0 Å². The van der Waals surface area contributed by atoms with Crippen LogP contribution in [0.4, 0.5) is 0 Å². The van der Waals surface area contributed by atoms with Gasteiger partial charge in [-0.15, -0.1) is 0 Å². The summed E-state index contributed by atoms with van der Waals surface area (Å²) in [7, 11) is -1.42. The summed E-state index contributed by atoms with van der Waals surface area (Å²) in [6.45, 7) is 18.9. The molecule has 0 spiro atoms. The molecule has 0 aliphatic carbocycles. The molecule has 0 aromatic rings. The van der Waals surface area contributed by atoms with Gasteiger partial charge >= 0.3 is 0 Å². The normalized spacial score (nSPS) is 28.1. The fraction of sp³-hybridized carbons (Fsp3) is 1.00. The van der Waals surface area contributed by atoms with Gasteiger partial charge in [0.2, 0.25) is 0 Å². The minimum Gasteiger partial charge on any atom is -0.347 e. The Kier molecular flexibility index (Phi) is 6.74. The molecule has 1 aliphatic rings. The summed E-state index contributed by atoms with van der Waals surface area (Å²) < 4.78 is 12.4. The predicted molar refractivity (Wildman–Crippen MR) is 90.0 cm³/mol. The van der Waals surface area contributed by atoms with Crippen LogP contribution in [-0.2, 0) is 9.47 Å². The third-order valence-electron chi connectivity index (χ3n) is 5.53. The van der Waals surface area contributed by atoms with Gasteiger partial charge in [-0.05, 0) is 19.4 Å². The van der Waals surface area contributed by atoms with Crippen molar-refractivity contribution >= 4 is 8.07 Å². The monoisotopic (exact) mass is 300 g/mol. The third-order valence-corrected chi connectivity index (χ3v) is 13.0. The van der Waals surface area contributed by atoms with Crippen LogP contribution < -0.4 is 0 Å². The van der Waals surface area contributed by atoms with E-state index in [1.54, 1.807) is 0 Å². The van der Waals surface area contributed by atoms with Crippen LogP contribution >= 0.6 is 0 Å². The van der Waals surface area contributed by atoms with Crippen LogP contribution in [0.3, 0.4) is 0 Å². The summed E-state index contributed by atoms with van der Waals surface area (Å²) in [4.78, 5) is 0. The number of hydrogen-bond donors (Lipinski definition) is 0. The molecule has 0 amide bonds. The minimum absolute atomic E-state index is 0.0421. The zero-order valence-electron chi connectivity index (χ0n) is 14.9. The standard InChI is InChI=1S/C17H36O2Si/c1-9-10-16-15(8)18-17(19-16)11-20(12(2)3,13(4)5)14(6)7/h12-17H,9-11H2,1-8H3/t15-,16-,17?/m1/s1. The van der Waals surface area contributed by atoms with Crippen LogP contribution in [0.1, 0.15) is 68.2 Å². The van der Waals surface area contributed by atoms with Gasteiger partial charge in [0.15, 0.2) is 6.29 Å². The molecule has 1 rings (SSSR count). The lowest BCUT2D eigenvalue weighted by atomic mass is 10.1. The Bertz CT molecular complexity index is 267. The molecule has 2 nitrogen and oxygen atoms in total. The topological polar surface area (TPSA) is 18.5 Å². The van der Waals surface area contributed by atoms with Crippen molar-refractivity contribution in [2.45, 2.75) is 109 Å². The van der Waals surface area contributed by atoms with E-state index in [1.807, 2.05) is 0 Å². The molecule has 120 valence electrons. The van der Waals surface area contributed by atoms with Crippen molar-refractivity contribution in [1.29, 1.82) is 0 Å². The summed E-state index contributed by atoms with van der Waals surface area (Å²) in [5.74, 6) is 0. The van der Waals surface area contributed by atoms with E-state index in [2.05, 4.69) is 55.4 Å². The third kappa shape index (κ3) is 3.66. The molecular weight excluding hydrogens is 264 g/mol. The van der Waals surface area contributed by atoms with Crippen LogP contribution in [0.5, 0.6) is 0 Å². The first-order valence-corrected chi connectivity index (χ1v) is 11.0. The Morgan fingerprint density at radius 3 is 1.80 bits per heavy atom. The zero-order valence-corrected chi connectivity index (χ0v) is 15.9. The average molecular weight is 301 g/mol. The summed E-state index contributed by atoms with van der Waals surface area (Å²) in [5, 5.41) is 0. The van der Waals surface area contributed by atoms with E-state index in [4.69, 9.17) is 9.47 Å². The molecule has 1 saturated heterocycles. The first-order chi connectivity index (χ1) is 9.25. The smallest absolute Gasteiger partial charge is 0.156 e.